The third kappa shape index (κ3) is 7.48. The number of carbonyl (C=O) groups excluding carboxylic acids is 1. The first-order valence-electron chi connectivity index (χ1n) is 20.0. The lowest BCUT2D eigenvalue weighted by molar-refractivity contribution is -0.277. The second-order valence-electron chi connectivity index (χ2n) is 17.2. The van der Waals surface area contributed by atoms with E-state index >= 15 is 0 Å². The lowest BCUT2D eigenvalue weighted by Gasteiger charge is -2.47. The molecule has 0 radical (unpaired) electrons. The van der Waals surface area contributed by atoms with E-state index in [1.807, 2.05) is 0 Å². The van der Waals surface area contributed by atoms with Gasteiger partial charge in [-0.15, -0.1) is 0 Å². The Morgan fingerprint density at radius 3 is 2.42 bits per heavy atom. The maximum absolute atomic E-state index is 14.0. The Morgan fingerprint density at radius 2 is 1.62 bits per heavy atom. The van der Waals surface area contributed by atoms with Crippen molar-refractivity contribution in [2.45, 2.75) is 194 Å². The number of carbonyl (C=O) groups is 1. The largest absolute Gasteiger partial charge is 0.394 e. The smallest absolute Gasteiger partial charge is 0.172 e. The third-order valence-electron chi connectivity index (χ3n) is 13.5. The SMILES string of the molecule is C=C1CC2CC[C@]34C[C@@H](O)[C@H](O3)[C@H]3C[C@@H](O4)[C@H]4O[C@H](CC[C@@H]4O3)CC(=O)C[C@H]3[C@H](CC4OC(CCC1O2)C[C@@H](C)C4=C)OC(C[C@H](O)CO)[C@@H]3OC. The van der Waals surface area contributed by atoms with Crippen molar-refractivity contribution in [1.82, 2.24) is 0 Å². The molecule has 0 saturated carbocycles. The Labute approximate surface area is 307 Å². The summed E-state index contributed by atoms with van der Waals surface area (Å²) in [6, 6.07) is 0. The zero-order valence-corrected chi connectivity index (χ0v) is 30.9. The van der Waals surface area contributed by atoms with E-state index in [2.05, 4.69) is 20.1 Å². The average molecular weight is 733 g/mol. The highest BCUT2D eigenvalue weighted by atomic mass is 16.7. The van der Waals surface area contributed by atoms with Crippen LogP contribution >= 0.6 is 0 Å². The van der Waals surface area contributed by atoms with E-state index in [4.69, 9.17) is 37.9 Å². The van der Waals surface area contributed by atoms with Gasteiger partial charge in [-0.3, -0.25) is 4.79 Å². The minimum atomic E-state index is -0.957. The summed E-state index contributed by atoms with van der Waals surface area (Å²) in [7, 11) is 1.62. The molecule has 10 bridgehead atoms. The Morgan fingerprint density at radius 1 is 0.827 bits per heavy atom. The number of hydrogen-bond donors (Lipinski definition) is 3. The molecular formula is C40H60O12. The first-order valence-corrected chi connectivity index (χ1v) is 20.0. The van der Waals surface area contributed by atoms with Crippen molar-refractivity contribution in [3.8, 4) is 0 Å². The highest BCUT2D eigenvalue weighted by Gasteiger charge is 2.59. The molecule has 0 aromatic rings. The standard InChI is InChI=1S/C40H60O12/c1-20-11-25-5-7-30-21(2)12-27(46-30)9-10-40-18-29(44)38(52-40)35-17-36(51-40)39-31(49-35)8-6-26(48-39)13-23(42)14-28-33(16-32(47-25)22(20)3)50-34(37(28)45-4)15-24(43)19-41/h20,24-39,41,43-44H,2-3,5-19H2,1,4H3/t20-,24+,25?,26-,27?,28+,29-,30?,31+,32?,33+,34?,35-,36-,37-,38+,39+,40-/m1/s1. The molecule has 0 aromatic carbocycles. The normalized spacial score (nSPS) is 50.4. The second-order valence-corrected chi connectivity index (χ2v) is 17.2. The molecule has 12 heteroatoms. The first kappa shape index (κ1) is 37.6. The summed E-state index contributed by atoms with van der Waals surface area (Å²) in [5, 5.41) is 31.2. The molecule has 18 atom stereocenters. The van der Waals surface area contributed by atoms with Gasteiger partial charge in [0.25, 0.3) is 0 Å². The van der Waals surface area contributed by atoms with Gasteiger partial charge in [0.1, 0.15) is 18.0 Å². The van der Waals surface area contributed by atoms with Crippen LogP contribution in [0.25, 0.3) is 0 Å². The lowest BCUT2D eigenvalue weighted by Crippen LogP contribution is -2.58. The average Bonchev–Trinajstić information content (AvgIpc) is 3.72. The predicted octanol–water partition coefficient (Wildman–Crippen LogP) is 3.46. The fraction of sp³-hybridized carbons (Fsp3) is 0.875. The summed E-state index contributed by atoms with van der Waals surface area (Å²) >= 11 is 0. The van der Waals surface area contributed by atoms with Crippen molar-refractivity contribution in [3.63, 3.8) is 0 Å². The van der Waals surface area contributed by atoms with Crippen LogP contribution in [0.2, 0.25) is 0 Å². The molecular weight excluding hydrogens is 672 g/mol. The molecule has 0 amide bonds. The van der Waals surface area contributed by atoms with Gasteiger partial charge in [0.05, 0.1) is 86.0 Å². The molecule has 8 heterocycles. The molecule has 5 unspecified atom stereocenters. The predicted molar refractivity (Wildman–Crippen MR) is 186 cm³/mol. The number of ether oxygens (including phenoxy) is 8. The fourth-order valence-electron chi connectivity index (χ4n) is 10.8. The van der Waals surface area contributed by atoms with E-state index < -0.39 is 36.3 Å². The fourth-order valence-corrected chi connectivity index (χ4v) is 10.8. The van der Waals surface area contributed by atoms with Gasteiger partial charge in [-0.05, 0) is 62.0 Å². The molecule has 292 valence electrons. The van der Waals surface area contributed by atoms with Gasteiger partial charge >= 0.3 is 0 Å². The minimum Gasteiger partial charge on any atom is -0.394 e. The zero-order valence-electron chi connectivity index (χ0n) is 30.9. The Hall–Kier alpha value is -1.29. The molecule has 8 aliphatic rings. The zero-order chi connectivity index (χ0) is 36.3. The van der Waals surface area contributed by atoms with Crippen molar-refractivity contribution < 1.29 is 58.0 Å². The highest BCUT2D eigenvalue weighted by Crippen LogP contribution is 2.49. The summed E-state index contributed by atoms with van der Waals surface area (Å²) in [5.74, 6) is -0.909. The Kier molecular flexibility index (Phi) is 11.1. The van der Waals surface area contributed by atoms with Crippen LogP contribution in [-0.2, 0) is 42.7 Å². The molecule has 0 aliphatic carbocycles. The number of ketones is 1. The summed E-state index contributed by atoms with van der Waals surface area (Å²) < 4.78 is 52.7. The van der Waals surface area contributed by atoms with Crippen molar-refractivity contribution in [2.24, 2.45) is 11.8 Å². The number of fused-ring (bicyclic) bond motifs is 9. The number of Topliss-reactive ketones (excluding diaryl/α,β-unsaturated/α-hetero) is 1. The van der Waals surface area contributed by atoms with Crippen molar-refractivity contribution in [3.05, 3.63) is 24.3 Å². The summed E-state index contributed by atoms with van der Waals surface area (Å²) in [6.45, 7) is 10.7. The van der Waals surface area contributed by atoms with Crippen LogP contribution in [0.1, 0.15) is 96.8 Å². The number of aliphatic hydroxyl groups excluding tert-OH is 3. The van der Waals surface area contributed by atoms with Gasteiger partial charge < -0.3 is 53.2 Å². The van der Waals surface area contributed by atoms with Crippen LogP contribution in [0.4, 0.5) is 0 Å². The number of methoxy groups -OCH3 is 1. The molecule has 52 heavy (non-hydrogen) atoms. The molecule has 8 saturated heterocycles. The maximum atomic E-state index is 14.0. The molecule has 8 rings (SSSR count). The number of hydrogen-bond acceptors (Lipinski definition) is 12. The van der Waals surface area contributed by atoms with E-state index in [0.29, 0.717) is 32.1 Å². The van der Waals surface area contributed by atoms with Crippen LogP contribution in [0, 0.1) is 11.8 Å². The first-order chi connectivity index (χ1) is 25.0. The van der Waals surface area contributed by atoms with Crippen LogP contribution in [-0.4, -0.2) is 132 Å². The monoisotopic (exact) mass is 732 g/mol. The Balaban J connectivity index is 1.06. The Bertz CT molecular complexity index is 1330. The number of rotatable bonds is 4. The lowest BCUT2D eigenvalue weighted by atomic mass is 9.81. The summed E-state index contributed by atoms with van der Waals surface area (Å²) in [5.41, 5.74) is 2.13. The number of aliphatic hydroxyl groups is 3. The van der Waals surface area contributed by atoms with Gasteiger partial charge in [0, 0.05) is 58.0 Å². The quantitative estimate of drug-likeness (QED) is 0.363. The van der Waals surface area contributed by atoms with Crippen LogP contribution in [0.3, 0.4) is 0 Å². The van der Waals surface area contributed by atoms with E-state index in [1.54, 1.807) is 7.11 Å². The topological polar surface area (TPSA) is 152 Å². The van der Waals surface area contributed by atoms with Gasteiger partial charge in [-0.25, -0.2) is 0 Å². The molecule has 0 aromatic heterocycles. The minimum absolute atomic E-state index is 0.0101. The van der Waals surface area contributed by atoms with Gasteiger partial charge in [-0.1, -0.05) is 20.1 Å². The molecule has 8 aliphatic heterocycles. The van der Waals surface area contributed by atoms with Crippen molar-refractivity contribution >= 4 is 5.78 Å². The third-order valence-corrected chi connectivity index (χ3v) is 13.5. The van der Waals surface area contributed by atoms with Gasteiger partial charge in [0.2, 0.25) is 0 Å². The van der Waals surface area contributed by atoms with Crippen LogP contribution in [0.15, 0.2) is 24.3 Å². The van der Waals surface area contributed by atoms with Crippen molar-refractivity contribution in [1.29, 1.82) is 0 Å². The van der Waals surface area contributed by atoms with E-state index in [-0.39, 0.29) is 105 Å². The van der Waals surface area contributed by atoms with Crippen LogP contribution < -0.4 is 0 Å². The molecule has 3 N–H and O–H groups in total. The van der Waals surface area contributed by atoms with E-state index in [1.165, 1.54) is 0 Å². The maximum Gasteiger partial charge on any atom is 0.172 e. The van der Waals surface area contributed by atoms with E-state index in [0.717, 1.165) is 49.7 Å². The summed E-state index contributed by atoms with van der Waals surface area (Å²) in [6.07, 6.45) is 3.06. The molecule has 8 fully saturated rings. The summed E-state index contributed by atoms with van der Waals surface area (Å²) in [4.78, 5) is 14.0. The van der Waals surface area contributed by atoms with Gasteiger partial charge in [0.15, 0.2) is 5.79 Å². The van der Waals surface area contributed by atoms with E-state index in [9.17, 15) is 20.1 Å². The van der Waals surface area contributed by atoms with Crippen LogP contribution in [0.5, 0.6) is 0 Å². The second kappa shape index (κ2) is 15.3. The molecule has 12 nitrogen and oxygen atoms in total. The van der Waals surface area contributed by atoms with Gasteiger partial charge in [-0.2, -0.15) is 0 Å². The highest BCUT2D eigenvalue weighted by molar-refractivity contribution is 5.79. The van der Waals surface area contributed by atoms with Crippen molar-refractivity contribution in [2.75, 3.05) is 13.7 Å². The molecule has 1 spiro atoms.